The Hall–Kier alpha value is -1.11. The first-order valence-electron chi connectivity index (χ1n) is 5.37. The number of aliphatic hydroxyl groups excluding tert-OH is 1. The number of aryl methyl sites for hydroxylation is 1. The van der Waals surface area contributed by atoms with E-state index in [-0.39, 0.29) is 11.4 Å². The normalized spacial score (nSPS) is 13.6. The second-order valence-electron chi connectivity index (χ2n) is 4.05. The fourth-order valence-electron chi connectivity index (χ4n) is 1.30. The lowest BCUT2D eigenvalue weighted by Gasteiger charge is -2.09. The summed E-state index contributed by atoms with van der Waals surface area (Å²) in [5.41, 5.74) is 6.91. The Bertz CT molecular complexity index is 483. The van der Waals surface area contributed by atoms with E-state index in [0.717, 1.165) is 5.56 Å². The minimum atomic E-state index is -3.51. The number of rotatable bonds is 5. The van der Waals surface area contributed by atoms with Crippen LogP contribution >= 0.6 is 0 Å². The molecule has 0 aliphatic carbocycles. The fraction of sp³-hybridized carbons (Fsp3) is 0.455. The summed E-state index contributed by atoms with van der Waals surface area (Å²) in [6.07, 6.45) is -0.140. The number of benzene rings is 1. The molecule has 0 saturated carbocycles. The molecule has 0 radical (unpaired) electrons. The molecular weight excluding hydrogens is 240 g/mol. The van der Waals surface area contributed by atoms with Crippen molar-refractivity contribution >= 4 is 15.7 Å². The van der Waals surface area contributed by atoms with Gasteiger partial charge in [0.2, 0.25) is 10.0 Å². The van der Waals surface area contributed by atoms with E-state index in [9.17, 15) is 8.42 Å². The quantitative estimate of drug-likeness (QED) is 0.675. The number of aliphatic hydroxyl groups is 1. The molecule has 6 heteroatoms. The molecule has 0 fully saturated rings. The predicted octanol–water partition coefficient (Wildman–Crippen LogP) is 0.626. The number of anilines is 1. The summed E-state index contributed by atoms with van der Waals surface area (Å²) >= 11 is 0. The van der Waals surface area contributed by atoms with Gasteiger partial charge in [-0.25, -0.2) is 13.1 Å². The van der Waals surface area contributed by atoms with E-state index in [1.54, 1.807) is 19.9 Å². The van der Waals surface area contributed by atoms with E-state index in [2.05, 4.69) is 4.72 Å². The Labute approximate surface area is 102 Å². The molecule has 0 amide bonds. The van der Waals surface area contributed by atoms with Gasteiger partial charge >= 0.3 is 0 Å². The predicted molar refractivity (Wildman–Crippen MR) is 67.1 cm³/mol. The van der Waals surface area contributed by atoms with Gasteiger partial charge in [0.05, 0.1) is 11.0 Å². The van der Waals surface area contributed by atoms with E-state index in [4.69, 9.17) is 10.8 Å². The zero-order valence-corrected chi connectivity index (χ0v) is 10.8. The van der Waals surface area contributed by atoms with Gasteiger partial charge in [0.1, 0.15) is 0 Å². The lowest BCUT2D eigenvalue weighted by Crippen LogP contribution is -2.26. The monoisotopic (exact) mass is 258 g/mol. The minimum Gasteiger partial charge on any atom is -0.399 e. The molecule has 1 atom stereocenters. The Morgan fingerprint density at radius 1 is 1.47 bits per heavy atom. The van der Waals surface area contributed by atoms with Gasteiger partial charge in [-0.05, 0) is 44.0 Å². The van der Waals surface area contributed by atoms with Crippen LogP contribution in [-0.4, -0.2) is 26.2 Å². The fourth-order valence-corrected chi connectivity index (χ4v) is 2.43. The van der Waals surface area contributed by atoms with Crippen molar-refractivity contribution in [1.82, 2.24) is 4.72 Å². The standard InChI is InChI=1S/C11H18N2O3S/c1-8-7-10(3-4-11(8)12)17(15,16)13-6-5-9(2)14/h3-4,7,9,13-14H,5-6,12H2,1-2H3. The van der Waals surface area contributed by atoms with Crippen LogP contribution in [0.3, 0.4) is 0 Å². The summed E-state index contributed by atoms with van der Waals surface area (Å²) in [6, 6.07) is 4.56. The van der Waals surface area contributed by atoms with Crippen molar-refractivity contribution < 1.29 is 13.5 Å². The first-order chi connectivity index (χ1) is 7.83. The van der Waals surface area contributed by atoms with Crippen LogP contribution in [-0.2, 0) is 10.0 Å². The van der Waals surface area contributed by atoms with Crippen LogP contribution in [0.25, 0.3) is 0 Å². The largest absolute Gasteiger partial charge is 0.399 e. The summed E-state index contributed by atoms with van der Waals surface area (Å²) in [5.74, 6) is 0. The van der Waals surface area contributed by atoms with Crippen molar-refractivity contribution in [3.63, 3.8) is 0 Å². The Balaban J connectivity index is 2.79. The zero-order chi connectivity index (χ0) is 13.1. The van der Waals surface area contributed by atoms with Crippen molar-refractivity contribution in [3.8, 4) is 0 Å². The molecule has 1 unspecified atom stereocenters. The molecule has 0 aromatic heterocycles. The molecule has 17 heavy (non-hydrogen) atoms. The van der Waals surface area contributed by atoms with Gasteiger partial charge in [0, 0.05) is 12.2 Å². The van der Waals surface area contributed by atoms with Gasteiger partial charge in [-0.15, -0.1) is 0 Å². The van der Waals surface area contributed by atoms with E-state index in [1.165, 1.54) is 12.1 Å². The molecule has 96 valence electrons. The average molecular weight is 258 g/mol. The van der Waals surface area contributed by atoms with Crippen molar-refractivity contribution in [2.24, 2.45) is 0 Å². The van der Waals surface area contributed by atoms with Gasteiger partial charge < -0.3 is 10.8 Å². The number of hydrogen-bond donors (Lipinski definition) is 3. The Morgan fingerprint density at radius 2 is 2.12 bits per heavy atom. The summed E-state index contributed by atoms with van der Waals surface area (Å²) in [4.78, 5) is 0.190. The van der Waals surface area contributed by atoms with Crippen LogP contribution < -0.4 is 10.5 Å². The third-order valence-electron chi connectivity index (χ3n) is 2.41. The van der Waals surface area contributed by atoms with Crippen LogP contribution in [0.1, 0.15) is 18.9 Å². The second kappa shape index (κ2) is 5.48. The van der Waals surface area contributed by atoms with E-state index in [1.807, 2.05) is 0 Å². The maximum Gasteiger partial charge on any atom is 0.240 e. The number of nitrogens with one attached hydrogen (secondary N) is 1. The molecule has 0 aliphatic heterocycles. The highest BCUT2D eigenvalue weighted by atomic mass is 32.2. The lowest BCUT2D eigenvalue weighted by atomic mass is 10.2. The van der Waals surface area contributed by atoms with Gasteiger partial charge in [-0.2, -0.15) is 0 Å². The Morgan fingerprint density at radius 3 is 2.65 bits per heavy atom. The van der Waals surface area contributed by atoms with Crippen molar-refractivity contribution in [3.05, 3.63) is 23.8 Å². The first kappa shape index (κ1) is 14.0. The zero-order valence-electron chi connectivity index (χ0n) is 9.97. The molecule has 1 aromatic rings. The smallest absolute Gasteiger partial charge is 0.240 e. The maximum absolute atomic E-state index is 11.8. The van der Waals surface area contributed by atoms with Gasteiger partial charge in [0.15, 0.2) is 0 Å². The van der Waals surface area contributed by atoms with E-state index < -0.39 is 16.1 Å². The molecule has 1 aromatic carbocycles. The number of nitrogens with two attached hydrogens (primary N) is 1. The topological polar surface area (TPSA) is 92.4 Å². The molecule has 0 bridgehead atoms. The van der Waals surface area contributed by atoms with Crippen LogP contribution in [0, 0.1) is 6.92 Å². The van der Waals surface area contributed by atoms with E-state index >= 15 is 0 Å². The minimum absolute atomic E-state index is 0.190. The average Bonchev–Trinajstić information content (AvgIpc) is 2.21. The van der Waals surface area contributed by atoms with Gasteiger partial charge in [0.25, 0.3) is 0 Å². The summed E-state index contributed by atoms with van der Waals surface area (Å²) in [6.45, 7) is 3.58. The van der Waals surface area contributed by atoms with Crippen molar-refractivity contribution in [1.29, 1.82) is 0 Å². The molecule has 4 N–H and O–H groups in total. The number of nitrogen functional groups attached to an aromatic ring is 1. The molecule has 1 rings (SSSR count). The first-order valence-corrected chi connectivity index (χ1v) is 6.85. The van der Waals surface area contributed by atoms with Crippen LogP contribution in [0.5, 0.6) is 0 Å². The number of sulfonamides is 1. The van der Waals surface area contributed by atoms with Crippen LogP contribution in [0.2, 0.25) is 0 Å². The summed E-state index contributed by atoms with van der Waals surface area (Å²) in [7, 11) is -3.51. The summed E-state index contributed by atoms with van der Waals surface area (Å²) < 4.78 is 26.1. The second-order valence-corrected chi connectivity index (χ2v) is 5.82. The summed E-state index contributed by atoms with van der Waals surface area (Å²) in [5, 5.41) is 9.05. The van der Waals surface area contributed by atoms with Crippen LogP contribution in [0.15, 0.2) is 23.1 Å². The molecule has 0 saturated heterocycles. The maximum atomic E-state index is 11.8. The SMILES string of the molecule is Cc1cc(S(=O)(=O)NCCC(C)O)ccc1N. The number of hydrogen-bond acceptors (Lipinski definition) is 4. The molecule has 5 nitrogen and oxygen atoms in total. The third kappa shape index (κ3) is 3.99. The highest BCUT2D eigenvalue weighted by Crippen LogP contribution is 2.16. The van der Waals surface area contributed by atoms with Gasteiger partial charge in [-0.3, -0.25) is 0 Å². The van der Waals surface area contributed by atoms with E-state index in [0.29, 0.717) is 12.1 Å². The molecule has 0 heterocycles. The highest BCUT2D eigenvalue weighted by molar-refractivity contribution is 7.89. The van der Waals surface area contributed by atoms with Crippen LogP contribution in [0.4, 0.5) is 5.69 Å². The third-order valence-corrected chi connectivity index (χ3v) is 3.86. The van der Waals surface area contributed by atoms with Gasteiger partial charge in [-0.1, -0.05) is 0 Å². The Kier molecular flexibility index (Phi) is 4.50. The molecule has 0 aliphatic rings. The van der Waals surface area contributed by atoms with Crippen molar-refractivity contribution in [2.75, 3.05) is 12.3 Å². The van der Waals surface area contributed by atoms with Crippen molar-refractivity contribution in [2.45, 2.75) is 31.3 Å². The molecule has 0 spiro atoms. The lowest BCUT2D eigenvalue weighted by molar-refractivity contribution is 0.186. The molecular formula is C11H18N2O3S. The highest BCUT2D eigenvalue weighted by Gasteiger charge is 2.14.